The molecule has 0 unspecified atom stereocenters. The van der Waals surface area contributed by atoms with E-state index in [-0.39, 0.29) is 11.3 Å². The van der Waals surface area contributed by atoms with Crippen LogP contribution in [-0.4, -0.2) is 23.2 Å². The third kappa shape index (κ3) is 2.48. The van der Waals surface area contributed by atoms with Crippen LogP contribution in [-0.2, 0) is 6.42 Å². The van der Waals surface area contributed by atoms with Gasteiger partial charge in [0.1, 0.15) is 16.4 Å². The number of hydrogen-bond donors (Lipinski definition) is 1. The van der Waals surface area contributed by atoms with Crippen LogP contribution in [0.25, 0.3) is 0 Å². The summed E-state index contributed by atoms with van der Waals surface area (Å²) < 4.78 is 18.3. The molecule has 1 heterocycles. The number of aromatic nitrogens is 1. The molecule has 0 spiro atoms. The average molecular weight is 267 g/mol. The van der Waals surface area contributed by atoms with Crippen molar-refractivity contribution in [2.24, 2.45) is 0 Å². The van der Waals surface area contributed by atoms with Crippen LogP contribution in [0.2, 0.25) is 0 Å². The maximum Gasteiger partial charge on any atom is 0.347 e. The minimum Gasteiger partial charge on any atom is -0.496 e. The smallest absolute Gasteiger partial charge is 0.347 e. The van der Waals surface area contributed by atoms with Crippen LogP contribution >= 0.6 is 11.3 Å². The average Bonchev–Trinajstić information content (AvgIpc) is 2.77. The lowest BCUT2D eigenvalue weighted by molar-refractivity contribution is 0.0701. The van der Waals surface area contributed by atoms with Crippen molar-refractivity contribution in [2.45, 2.75) is 6.42 Å². The molecule has 0 atom stereocenters. The molecule has 0 saturated heterocycles. The number of hydrogen-bond acceptors (Lipinski definition) is 4. The Balaban J connectivity index is 2.36. The highest BCUT2D eigenvalue weighted by molar-refractivity contribution is 7.11. The number of thiazole rings is 1. The van der Waals surface area contributed by atoms with Crippen molar-refractivity contribution >= 4 is 17.3 Å². The van der Waals surface area contributed by atoms with Crippen molar-refractivity contribution in [1.82, 2.24) is 4.98 Å². The summed E-state index contributed by atoms with van der Waals surface area (Å²) in [5.74, 6) is -0.901. The first kappa shape index (κ1) is 12.5. The maximum atomic E-state index is 13.2. The molecule has 2 rings (SSSR count). The Kier molecular flexibility index (Phi) is 3.57. The number of halogens is 1. The molecule has 94 valence electrons. The van der Waals surface area contributed by atoms with Gasteiger partial charge >= 0.3 is 5.97 Å². The summed E-state index contributed by atoms with van der Waals surface area (Å²) in [7, 11) is 1.48. The minimum atomic E-state index is -1.03. The summed E-state index contributed by atoms with van der Waals surface area (Å²) >= 11 is 1.05. The molecule has 0 radical (unpaired) electrons. The van der Waals surface area contributed by atoms with Gasteiger partial charge in [-0.1, -0.05) is 0 Å². The normalized spacial score (nSPS) is 10.3. The number of benzene rings is 1. The number of ether oxygens (including phenoxy) is 1. The third-order valence-electron chi connectivity index (χ3n) is 2.44. The monoisotopic (exact) mass is 267 g/mol. The molecule has 1 aromatic carbocycles. The fraction of sp³-hybridized carbons (Fsp3) is 0.167. The van der Waals surface area contributed by atoms with Crippen molar-refractivity contribution in [3.05, 3.63) is 45.7 Å². The van der Waals surface area contributed by atoms with Crippen LogP contribution in [0, 0.1) is 5.82 Å². The molecule has 1 aromatic heterocycles. The second kappa shape index (κ2) is 5.14. The molecule has 0 amide bonds. The number of aromatic carboxylic acids is 1. The lowest BCUT2D eigenvalue weighted by atomic mass is 10.1. The summed E-state index contributed by atoms with van der Waals surface area (Å²) in [6.07, 6.45) is 0.228. The third-order valence-corrected chi connectivity index (χ3v) is 3.29. The van der Waals surface area contributed by atoms with Gasteiger partial charge in [-0.15, -0.1) is 11.3 Å². The Morgan fingerprint density at radius 3 is 3.00 bits per heavy atom. The van der Waals surface area contributed by atoms with E-state index in [9.17, 15) is 9.18 Å². The topological polar surface area (TPSA) is 59.4 Å². The first-order chi connectivity index (χ1) is 8.61. The van der Waals surface area contributed by atoms with E-state index < -0.39 is 11.8 Å². The Bertz CT molecular complexity index is 582. The van der Waals surface area contributed by atoms with Crippen LogP contribution < -0.4 is 4.74 Å². The van der Waals surface area contributed by atoms with Gasteiger partial charge < -0.3 is 9.84 Å². The summed E-state index contributed by atoms with van der Waals surface area (Å²) in [6, 6.07) is 4.13. The molecule has 0 aliphatic carbocycles. The molecule has 0 saturated carbocycles. The van der Waals surface area contributed by atoms with E-state index in [0.29, 0.717) is 17.0 Å². The highest BCUT2D eigenvalue weighted by Crippen LogP contribution is 2.24. The van der Waals surface area contributed by atoms with Gasteiger partial charge in [0.2, 0.25) is 0 Å². The number of carboxylic acid groups (broad SMARTS) is 1. The highest BCUT2D eigenvalue weighted by atomic mass is 32.1. The fourth-order valence-electron chi connectivity index (χ4n) is 1.63. The zero-order valence-electron chi connectivity index (χ0n) is 9.51. The zero-order chi connectivity index (χ0) is 13.1. The Morgan fingerprint density at radius 2 is 2.33 bits per heavy atom. The van der Waals surface area contributed by atoms with E-state index in [2.05, 4.69) is 4.98 Å². The van der Waals surface area contributed by atoms with Crippen LogP contribution in [0.3, 0.4) is 0 Å². The van der Waals surface area contributed by atoms with Crippen LogP contribution in [0.15, 0.2) is 23.7 Å². The van der Waals surface area contributed by atoms with E-state index in [1.54, 1.807) is 0 Å². The van der Waals surface area contributed by atoms with Gasteiger partial charge in [0.05, 0.1) is 18.3 Å². The number of nitrogens with zero attached hydrogens (tertiary/aromatic N) is 1. The number of carbonyl (C=O) groups is 1. The first-order valence-electron chi connectivity index (χ1n) is 5.10. The molecule has 6 heteroatoms. The van der Waals surface area contributed by atoms with Gasteiger partial charge in [-0.2, -0.15) is 0 Å². The SMILES string of the molecule is COc1ccc(F)cc1Cc1ncsc1C(=O)O. The molecule has 0 aliphatic rings. The summed E-state index contributed by atoms with van der Waals surface area (Å²) in [5, 5.41) is 8.98. The van der Waals surface area contributed by atoms with Gasteiger partial charge in [0, 0.05) is 12.0 Å². The lowest BCUT2D eigenvalue weighted by Gasteiger charge is -2.07. The van der Waals surface area contributed by atoms with Crippen molar-refractivity contribution in [1.29, 1.82) is 0 Å². The number of methoxy groups -OCH3 is 1. The molecule has 2 aromatic rings. The van der Waals surface area contributed by atoms with Crippen molar-refractivity contribution < 1.29 is 19.0 Å². The van der Waals surface area contributed by atoms with Gasteiger partial charge in [0.25, 0.3) is 0 Å². The lowest BCUT2D eigenvalue weighted by Crippen LogP contribution is -2.01. The van der Waals surface area contributed by atoms with Gasteiger partial charge in [-0.3, -0.25) is 0 Å². The highest BCUT2D eigenvalue weighted by Gasteiger charge is 2.15. The molecule has 18 heavy (non-hydrogen) atoms. The summed E-state index contributed by atoms with van der Waals surface area (Å²) in [5.41, 5.74) is 2.45. The van der Waals surface area contributed by atoms with Crippen molar-refractivity contribution in [3.8, 4) is 5.75 Å². The molecule has 0 fully saturated rings. The second-order valence-corrected chi connectivity index (χ2v) is 4.42. The Labute approximate surface area is 107 Å². The quantitative estimate of drug-likeness (QED) is 0.925. The maximum absolute atomic E-state index is 13.2. The number of rotatable bonds is 4. The minimum absolute atomic E-state index is 0.168. The van der Waals surface area contributed by atoms with Gasteiger partial charge in [-0.05, 0) is 18.2 Å². The second-order valence-electron chi connectivity index (χ2n) is 3.57. The molecule has 0 bridgehead atoms. The van der Waals surface area contributed by atoms with E-state index in [0.717, 1.165) is 11.3 Å². The predicted molar refractivity (Wildman–Crippen MR) is 64.8 cm³/mol. The predicted octanol–water partition coefficient (Wildman–Crippen LogP) is 2.58. The number of carboxylic acids is 1. The molecule has 4 nitrogen and oxygen atoms in total. The van der Waals surface area contributed by atoms with Crippen molar-refractivity contribution in [3.63, 3.8) is 0 Å². The van der Waals surface area contributed by atoms with Gasteiger partial charge in [0.15, 0.2) is 0 Å². The Morgan fingerprint density at radius 1 is 1.56 bits per heavy atom. The van der Waals surface area contributed by atoms with Crippen LogP contribution in [0.4, 0.5) is 4.39 Å². The standard InChI is InChI=1S/C12H10FNO3S/c1-17-10-3-2-8(13)4-7(10)5-9-11(12(15)16)18-6-14-9/h2-4,6H,5H2,1H3,(H,15,16). The van der Waals surface area contributed by atoms with E-state index in [1.165, 1.54) is 30.8 Å². The summed E-state index contributed by atoms with van der Waals surface area (Å²) in [4.78, 5) is 15.1. The van der Waals surface area contributed by atoms with Gasteiger partial charge in [-0.25, -0.2) is 14.2 Å². The molecule has 0 aliphatic heterocycles. The zero-order valence-corrected chi connectivity index (χ0v) is 10.3. The first-order valence-corrected chi connectivity index (χ1v) is 5.98. The van der Waals surface area contributed by atoms with Crippen molar-refractivity contribution in [2.75, 3.05) is 7.11 Å². The largest absolute Gasteiger partial charge is 0.496 e. The molecule has 1 N–H and O–H groups in total. The van der Waals surface area contributed by atoms with E-state index in [4.69, 9.17) is 9.84 Å². The van der Waals surface area contributed by atoms with E-state index >= 15 is 0 Å². The van der Waals surface area contributed by atoms with E-state index in [1.807, 2.05) is 0 Å². The van der Waals surface area contributed by atoms with Crippen LogP contribution in [0.5, 0.6) is 5.75 Å². The Hall–Kier alpha value is -1.95. The summed E-state index contributed by atoms with van der Waals surface area (Å²) in [6.45, 7) is 0. The molecular formula is C12H10FNO3S. The molecular weight excluding hydrogens is 257 g/mol. The fourth-order valence-corrected chi connectivity index (χ4v) is 2.28. The van der Waals surface area contributed by atoms with Crippen LogP contribution in [0.1, 0.15) is 20.9 Å².